The van der Waals surface area contributed by atoms with Crippen LogP contribution in [0.5, 0.6) is 0 Å². The summed E-state index contributed by atoms with van der Waals surface area (Å²) in [6.07, 6.45) is 14.0. The highest BCUT2D eigenvalue weighted by Gasteiger charge is 2.05. The number of unbranched alkanes of at least 4 members (excludes halogenated alkanes) is 6. The molecule has 1 atom stereocenters. The minimum atomic E-state index is 0.524. The Labute approximate surface area is 96.6 Å². The molecule has 0 heterocycles. The molecule has 0 rings (SSSR count). The summed E-state index contributed by atoms with van der Waals surface area (Å²) in [5.41, 5.74) is 0. The molecule has 0 aromatic heterocycles. The summed E-state index contributed by atoms with van der Waals surface area (Å²) < 4.78 is 5.48. The fourth-order valence-corrected chi connectivity index (χ4v) is 1.96. The van der Waals surface area contributed by atoms with E-state index in [-0.39, 0.29) is 0 Å². The summed E-state index contributed by atoms with van der Waals surface area (Å²) in [5.74, 6) is 0. The molecule has 0 aromatic rings. The standard InChI is InChI=1S/C14H30O/c1-4-6-8-9-10-11-13-14(15-3)12-7-5-2/h14H,4-13H2,1-3H3. The van der Waals surface area contributed by atoms with Gasteiger partial charge in [-0.25, -0.2) is 0 Å². The third kappa shape index (κ3) is 10.2. The first kappa shape index (κ1) is 15.0. The van der Waals surface area contributed by atoms with Crippen molar-refractivity contribution in [2.45, 2.75) is 84.2 Å². The van der Waals surface area contributed by atoms with E-state index in [0.717, 1.165) is 0 Å². The second kappa shape index (κ2) is 12.0. The van der Waals surface area contributed by atoms with Crippen molar-refractivity contribution in [1.82, 2.24) is 0 Å². The van der Waals surface area contributed by atoms with Crippen LogP contribution in [-0.2, 0) is 4.74 Å². The van der Waals surface area contributed by atoms with Crippen LogP contribution in [0.4, 0.5) is 0 Å². The quantitative estimate of drug-likeness (QED) is 0.442. The van der Waals surface area contributed by atoms with Crippen molar-refractivity contribution >= 4 is 0 Å². The third-order valence-electron chi connectivity index (χ3n) is 3.09. The lowest BCUT2D eigenvalue weighted by Gasteiger charge is -2.14. The van der Waals surface area contributed by atoms with Gasteiger partial charge in [-0.1, -0.05) is 65.2 Å². The van der Waals surface area contributed by atoms with Crippen molar-refractivity contribution in [3.8, 4) is 0 Å². The zero-order valence-corrected chi connectivity index (χ0v) is 11.1. The fraction of sp³-hybridized carbons (Fsp3) is 1.00. The van der Waals surface area contributed by atoms with Gasteiger partial charge in [0.05, 0.1) is 6.10 Å². The average molecular weight is 214 g/mol. The van der Waals surface area contributed by atoms with Gasteiger partial charge in [-0.15, -0.1) is 0 Å². The van der Waals surface area contributed by atoms with Crippen LogP contribution >= 0.6 is 0 Å². The monoisotopic (exact) mass is 214 g/mol. The van der Waals surface area contributed by atoms with Gasteiger partial charge in [-0.05, 0) is 12.8 Å². The predicted octanol–water partition coefficient (Wildman–Crippen LogP) is 4.94. The highest BCUT2D eigenvalue weighted by molar-refractivity contribution is 4.58. The van der Waals surface area contributed by atoms with Crippen LogP contribution < -0.4 is 0 Å². The molecule has 0 spiro atoms. The van der Waals surface area contributed by atoms with E-state index in [1.807, 2.05) is 7.11 Å². The maximum atomic E-state index is 5.48. The Morgan fingerprint density at radius 2 is 1.27 bits per heavy atom. The Morgan fingerprint density at radius 3 is 1.87 bits per heavy atom. The normalized spacial score (nSPS) is 13.0. The summed E-state index contributed by atoms with van der Waals surface area (Å²) in [6, 6.07) is 0. The number of hydrogen-bond acceptors (Lipinski definition) is 1. The molecular weight excluding hydrogens is 184 g/mol. The van der Waals surface area contributed by atoms with E-state index in [1.54, 1.807) is 0 Å². The van der Waals surface area contributed by atoms with Gasteiger partial charge in [0.25, 0.3) is 0 Å². The summed E-state index contributed by atoms with van der Waals surface area (Å²) in [5, 5.41) is 0. The first-order chi connectivity index (χ1) is 7.35. The summed E-state index contributed by atoms with van der Waals surface area (Å²) in [7, 11) is 1.86. The molecular formula is C14H30O. The topological polar surface area (TPSA) is 9.23 Å². The summed E-state index contributed by atoms with van der Waals surface area (Å²) in [4.78, 5) is 0. The minimum Gasteiger partial charge on any atom is -0.381 e. The van der Waals surface area contributed by atoms with Gasteiger partial charge in [0.15, 0.2) is 0 Å². The van der Waals surface area contributed by atoms with Gasteiger partial charge < -0.3 is 4.74 Å². The maximum absolute atomic E-state index is 5.48. The van der Waals surface area contributed by atoms with Crippen molar-refractivity contribution in [2.24, 2.45) is 0 Å². The zero-order valence-electron chi connectivity index (χ0n) is 11.1. The second-order valence-corrected chi connectivity index (χ2v) is 4.56. The van der Waals surface area contributed by atoms with Gasteiger partial charge in [0.2, 0.25) is 0 Å². The molecule has 0 N–H and O–H groups in total. The van der Waals surface area contributed by atoms with Crippen molar-refractivity contribution in [3.05, 3.63) is 0 Å². The van der Waals surface area contributed by atoms with Crippen LogP contribution in [0.2, 0.25) is 0 Å². The number of ether oxygens (including phenoxy) is 1. The molecule has 0 aliphatic rings. The lowest BCUT2D eigenvalue weighted by atomic mass is 10.0. The van der Waals surface area contributed by atoms with E-state index in [2.05, 4.69) is 13.8 Å². The smallest absolute Gasteiger partial charge is 0.0571 e. The molecule has 0 bridgehead atoms. The van der Waals surface area contributed by atoms with E-state index < -0.39 is 0 Å². The molecule has 1 unspecified atom stereocenters. The Hall–Kier alpha value is -0.0400. The molecule has 0 aromatic carbocycles. The highest BCUT2D eigenvalue weighted by Crippen LogP contribution is 2.14. The number of rotatable bonds is 11. The SMILES string of the molecule is CCCCCCCCC(CCCC)OC. The molecule has 0 aliphatic carbocycles. The van der Waals surface area contributed by atoms with Gasteiger partial charge in [0.1, 0.15) is 0 Å². The van der Waals surface area contributed by atoms with Crippen LogP contribution in [0.3, 0.4) is 0 Å². The molecule has 15 heavy (non-hydrogen) atoms. The van der Waals surface area contributed by atoms with Crippen molar-refractivity contribution in [2.75, 3.05) is 7.11 Å². The largest absolute Gasteiger partial charge is 0.381 e. The lowest BCUT2D eigenvalue weighted by Crippen LogP contribution is -2.09. The van der Waals surface area contributed by atoms with E-state index in [1.165, 1.54) is 64.2 Å². The molecule has 92 valence electrons. The first-order valence-corrected chi connectivity index (χ1v) is 6.87. The van der Waals surface area contributed by atoms with Crippen molar-refractivity contribution in [3.63, 3.8) is 0 Å². The Kier molecular flexibility index (Phi) is 12.0. The van der Waals surface area contributed by atoms with Crippen LogP contribution in [0, 0.1) is 0 Å². The van der Waals surface area contributed by atoms with Gasteiger partial charge in [-0.2, -0.15) is 0 Å². The van der Waals surface area contributed by atoms with E-state index in [4.69, 9.17) is 4.74 Å². The van der Waals surface area contributed by atoms with Crippen molar-refractivity contribution in [1.29, 1.82) is 0 Å². The van der Waals surface area contributed by atoms with E-state index >= 15 is 0 Å². The molecule has 0 amide bonds. The molecule has 0 saturated carbocycles. The Balaban J connectivity index is 3.22. The summed E-state index contributed by atoms with van der Waals surface area (Å²) in [6.45, 7) is 4.52. The molecule has 0 saturated heterocycles. The van der Waals surface area contributed by atoms with Crippen LogP contribution in [-0.4, -0.2) is 13.2 Å². The minimum absolute atomic E-state index is 0.524. The Bertz CT molecular complexity index is 112. The Morgan fingerprint density at radius 1 is 0.733 bits per heavy atom. The molecule has 0 radical (unpaired) electrons. The fourth-order valence-electron chi connectivity index (χ4n) is 1.96. The molecule has 1 nitrogen and oxygen atoms in total. The first-order valence-electron chi connectivity index (χ1n) is 6.87. The second-order valence-electron chi connectivity index (χ2n) is 4.56. The molecule has 0 aliphatic heterocycles. The van der Waals surface area contributed by atoms with Crippen molar-refractivity contribution < 1.29 is 4.74 Å². The molecule has 1 heteroatoms. The lowest BCUT2D eigenvalue weighted by molar-refractivity contribution is 0.0836. The van der Waals surface area contributed by atoms with Gasteiger partial charge >= 0.3 is 0 Å². The van der Waals surface area contributed by atoms with Crippen LogP contribution in [0.25, 0.3) is 0 Å². The number of methoxy groups -OCH3 is 1. The summed E-state index contributed by atoms with van der Waals surface area (Å²) >= 11 is 0. The highest BCUT2D eigenvalue weighted by atomic mass is 16.5. The maximum Gasteiger partial charge on any atom is 0.0571 e. The van der Waals surface area contributed by atoms with Crippen LogP contribution in [0.1, 0.15) is 78.1 Å². The predicted molar refractivity (Wildman–Crippen MR) is 68.3 cm³/mol. The van der Waals surface area contributed by atoms with Gasteiger partial charge in [0, 0.05) is 7.11 Å². The third-order valence-corrected chi connectivity index (χ3v) is 3.09. The molecule has 0 fully saturated rings. The average Bonchev–Trinajstić information content (AvgIpc) is 2.27. The van der Waals surface area contributed by atoms with E-state index in [9.17, 15) is 0 Å². The van der Waals surface area contributed by atoms with Gasteiger partial charge in [-0.3, -0.25) is 0 Å². The van der Waals surface area contributed by atoms with E-state index in [0.29, 0.717) is 6.10 Å². The number of hydrogen-bond donors (Lipinski definition) is 0. The van der Waals surface area contributed by atoms with Crippen LogP contribution in [0.15, 0.2) is 0 Å². The zero-order chi connectivity index (χ0) is 11.4.